The van der Waals surface area contributed by atoms with Crippen molar-refractivity contribution in [3.63, 3.8) is 0 Å². The number of nitrogens with one attached hydrogen (secondary N) is 1. The fourth-order valence-electron chi connectivity index (χ4n) is 1.89. The maximum atomic E-state index is 12.0. The summed E-state index contributed by atoms with van der Waals surface area (Å²) in [6, 6.07) is 7.96. The fourth-order valence-corrected chi connectivity index (χ4v) is 2.70. The summed E-state index contributed by atoms with van der Waals surface area (Å²) >= 11 is 1.26. The second-order valence-electron chi connectivity index (χ2n) is 4.76. The number of hydrogen-bond acceptors (Lipinski definition) is 6. The van der Waals surface area contributed by atoms with Crippen LogP contribution in [0.1, 0.15) is 23.0 Å². The number of rotatable bonds is 5. The second-order valence-corrected chi connectivity index (χ2v) is 5.54. The first-order valence-corrected chi connectivity index (χ1v) is 7.48. The molecule has 0 unspecified atom stereocenters. The molecule has 0 radical (unpaired) electrons. The van der Waals surface area contributed by atoms with Crippen LogP contribution >= 0.6 is 11.5 Å². The average molecular weight is 305 g/mol. The van der Waals surface area contributed by atoms with Crippen molar-refractivity contribution >= 4 is 33.9 Å². The van der Waals surface area contributed by atoms with Gasteiger partial charge in [-0.1, -0.05) is 6.07 Å². The Kier molecular flexibility index (Phi) is 4.80. The summed E-state index contributed by atoms with van der Waals surface area (Å²) in [7, 11) is 3.97. The SMILES string of the molecule is CCOC(=O)c1c(C)nsc1Nc1cccc(N(C)C)c1. The van der Waals surface area contributed by atoms with Crippen molar-refractivity contribution in [3.8, 4) is 0 Å². The number of esters is 1. The summed E-state index contributed by atoms with van der Waals surface area (Å²) < 4.78 is 9.33. The third-order valence-corrected chi connectivity index (χ3v) is 3.82. The summed E-state index contributed by atoms with van der Waals surface area (Å²) in [5.74, 6) is -0.338. The van der Waals surface area contributed by atoms with Crippen LogP contribution in [0.3, 0.4) is 0 Å². The zero-order valence-corrected chi connectivity index (χ0v) is 13.5. The molecule has 0 aliphatic heterocycles. The first kappa shape index (κ1) is 15.3. The summed E-state index contributed by atoms with van der Waals surface area (Å²) in [6.45, 7) is 3.95. The number of carbonyl (C=O) groups is 1. The molecular weight excluding hydrogens is 286 g/mol. The molecule has 1 N–H and O–H groups in total. The highest BCUT2D eigenvalue weighted by molar-refractivity contribution is 7.10. The van der Waals surface area contributed by atoms with E-state index in [-0.39, 0.29) is 5.97 Å². The van der Waals surface area contributed by atoms with E-state index in [4.69, 9.17) is 4.74 Å². The largest absolute Gasteiger partial charge is 0.462 e. The lowest BCUT2D eigenvalue weighted by molar-refractivity contribution is 0.0527. The molecule has 0 aliphatic carbocycles. The van der Waals surface area contributed by atoms with Crippen molar-refractivity contribution < 1.29 is 9.53 Å². The molecule has 0 amide bonds. The van der Waals surface area contributed by atoms with Gasteiger partial charge in [0.15, 0.2) is 0 Å². The molecule has 2 rings (SSSR count). The molecule has 0 atom stereocenters. The molecule has 0 saturated heterocycles. The molecule has 0 saturated carbocycles. The van der Waals surface area contributed by atoms with Gasteiger partial charge in [0.1, 0.15) is 10.6 Å². The maximum Gasteiger partial charge on any atom is 0.343 e. The Morgan fingerprint density at radius 3 is 2.86 bits per heavy atom. The van der Waals surface area contributed by atoms with Gasteiger partial charge in [-0.2, -0.15) is 4.37 Å². The van der Waals surface area contributed by atoms with E-state index >= 15 is 0 Å². The summed E-state index contributed by atoms with van der Waals surface area (Å²) in [6.07, 6.45) is 0. The van der Waals surface area contributed by atoms with Crippen molar-refractivity contribution in [3.05, 3.63) is 35.5 Å². The minimum atomic E-state index is -0.338. The minimum Gasteiger partial charge on any atom is -0.462 e. The molecule has 0 fully saturated rings. The molecule has 0 bridgehead atoms. The van der Waals surface area contributed by atoms with Crippen molar-refractivity contribution in [1.82, 2.24) is 4.37 Å². The Labute approximate surface area is 128 Å². The van der Waals surface area contributed by atoms with E-state index in [1.165, 1.54) is 11.5 Å². The average Bonchev–Trinajstić information content (AvgIpc) is 2.80. The number of nitrogens with zero attached hydrogens (tertiary/aromatic N) is 2. The smallest absolute Gasteiger partial charge is 0.343 e. The van der Waals surface area contributed by atoms with E-state index in [1.54, 1.807) is 6.92 Å². The van der Waals surface area contributed by atoms with Gasteiger partial charge in [-0.05, 0) is 43.6 Å². The van der Waals surface area contributed by atoms with Gasteiger partial charge in [-0.25, -0.2) is 4.79 Å². The summed E-state index contributed by atoms with van der Waals surface area (Å²) in [5.41, 5.74) is 3.19. The minimum absolute atomic E-state index is 0.338. The second kappa shape index (κ2) is 6.58. The molecule has 112 valence electrons. The number of aromatic nitrogens is 1. The van der Waals surface area contributed by atoms with E-state index in [1.807, 2.05) is 50.2 Å². The van der Waals surface area contributed by atoms with Crippen LogP contribution in [0.4, 0.5) is 16.4 Å². The molecule has 5 nitrogen and oxygen atoms in total. The van der Waals surface area contributed by atoms with E-state index in [0.29, 0.717) is 22.9 Å². The molecule has 1 aromatic carbocycles. The van der Waals surface area contributed by atoms with Crippen LogP contribution in [0.25, 0.3) is 0 Å². The van der Waals surface area contributed by atoms with Crippen molar-refractivity contribution in [1.29, 1.82) is 0 Å². The van der Waals surface area contributed by atoms with Gasteiger partial charge in [0, 0.05) is 25.5 Å². The van der Waals surface area contributed by atoms with Gasteiger partial charge in [0.2, 0.25) is 0 Å². The van der Waals surface area contributed by atoms with Gasteiger partial charge in [0.05, 0.1) is 12.3 Å². The number of ether oxygens (including phenoxy) is 1. The molecule has 1 aromatic heterocycles. The van der Waals surface area contributed by atoms with Crippen LogP contribution in [0.15, 0.2) is 24.3 Å². The number of anilines is 3. The summed E-state index contributed by atoms with van der Waals surface area (Å²) in [4.78, 5) is 14.0. The van der Waals surface area contributed by atoms with Crippen LogP contribution < -0.4 is 10.2 Å². The number of hydrogen-bond donors (Lipinski definition) is 1. The molecule has 2 aromatic rings. The Morgan fingerprint density at radius 2 is 2.19 bits per heavy atom. The zero-order chi connectivity index (χ0) is 15.4. The standard InChI is InChI=1S/C15H19N3O2S/c1-5-20-15(19)13-10(2)17-21-14(13)16-11-7-6-8-12(9-11)18(3)4/h6-9,16H,5H2,1-4H3. The van der Waals surface area contributed by atoms with Gasteiger partial charge in [-0.3, -0.25) is 0 Å². The molecule has 0 aliphatic rings. The van der Waals surface area contributed by atoms with Crippen LogP contribution in [0.5, 0.6) is 0 Å². The first-order chi connectivity index (χ1) is 10.0. The molecule has 1 heterocycles. The van der Waals surface area contributed by atoms with E-state index in [9.17, 15) is 4.79 Å². The zero-order valence-electron chi connectivity index (χ0n) is 12.6. The lowest BCUT2D eigenvalue weighted by Crippen LogP contribution is -2.09. The first-order valence-electron chi connectivity index (χ1n) is 6.70. The van der Waals surface area contributed by atoms with Gasteiger partial charge < -0.3 is 15.0 Å². The highest BCUT2D eigenvalue weighted by Gasteiger charge is 2.19. The molecule has 0 spiro atoms. The van der Waals surface area contributed by atoms with Gasteiger partial charge in [-0.15, -0.1) is 0 Å². The highest BCUT2D eigenvalue weighted by Crippen LogP contribution is 2.29. The third-order valence-electron chi connectivity index (χ3n) is 2.96. The van der Waals surface area contributed by atoms with Gasteiger partial charge in [0.25, 0.3) is 0 Å². The normalized spacial score (nSPS) is 10.3. The van der Waals surface area contributed by atoms with Crippen LogP contribution in [0.2, 0.25) is 0 Å². The molecule has 21 heavy (non-hydrogen) atoms. The molecular formula is C15H19N3O2S. The van der Waals surface area contributed by atoms with Crippen LogP contribution in [-0.2, 0) is 4.74 Å². The van der Waals surface area contributed by atoms with Crippen LogP contribution in [-0.4, -0.2) is 31.0 Å². The monoisotopic (exact) mass is 305 g/mol. The van der Waals surface area contributed by atoms with E-state index in [0.717, 1.165) is 11.4 Å². The predicted molar refractivity (Wildman–Crippen MR) is 86.9 cm³/mol. The van der Waals surface area contributed by atoms with Crippen molar-refractivity contribution in [2.24, 2.45) is 0 Å². The van der Waals surface area contributed by atoms with E-state index in [2.05, 4.69) is 9.69 Å². The highest BCUT2D eigenvalue weighted by atomic mass is 32.1. The lowest BCUT2D eigenvalue weighted by Gasteiger charge is -2.14. The Hall–Kier alpha value is -2.08. The van der Waals surface area contributed by atoms with Crippen LogP contribution in [0, 0.1) is 6.92 Å². The third kappa shape index (κ3) is 3.52. The quantitative estimate of drug-likeness (QED) is 0.858. The molecule has 6 heteroatoms. The predicted octanol–water partition coefficient (Wildman–Crippen LogP) is 3.44. The fraction of sp³-hybridized carbons (Fsp3) is 0.333. The van der Waals surface area contributed by atoms with Crippen molar-refractivity contribution in [2.45, 2.75) is 13.8 Å². The number of aryl methyl sites for hydroxylation is 1. The lowest BCUT2D eigenvalue weighted by atomic mass is 10.2. The van der Waals surface area contributed by atoms with Gasteiger partial charge >= 0.3 is 5.97 Å². The number of benzene rings is 1. The van der Waals surface area contributed by atoms with Crippen molar-refractivity contribution in [2.75, 3.05) is 30.9 Å². The maximum absolute atomic E-state index is 12.0. The Morgan fingerprint density at radius 1 is 1.43 bits per heavy atom. The Balaban J connectivity index is 2.28. The number of carbonyl (C=O) groups excluding carboxylic acids is 1. The Bertz CT molecular complexity index is 638. The van der Waals surface area contributed by atoms with E-state index < -0.39 is 0 Å². The topological polar surface area (TPSA) is 54.5 Å². The summed E-state index contributed by atoms with van der Waals surface area (Å²) in [5, 5.41) is 3.97.